The molecule has 0 aliphatic carbocycles. The molecule has 0 bridgehead atoms. The van der Waals surface area contributed by atoms with Crippen LogP contribution < -0.4 is 10.2 Å². The maximum atomic E-state index is 13.5. The van der Waals surface area contributed by atoms with Crippen molar-refractivity contribution >= 4 is 5.82 Å². The summed E-state index contributed by atoms with van der Waals surface area (Å²) in [6, 6.07) is 1.60. The second kappa shape index (κ2) is 7.58. The quantitative estimate of drug-likeness (QED) is 0.825. The third-order valence-electron chi connectivity index (χ3n) is 3.01. The lowest BCUT2D eigenvalue weighted by atomic mass is 10.1. The molecule has 1 heterocycles. The van der Waals surface area contributed by atoms with Gasteiger partial charge in [0.1, 0.15) is 11.6 Å². The van der Waals surface area contributed by atoms with Gasteiger partial charge in [-0.2, -0.15) is 0 Å². The molecule has 3 nitrogen and oxygen atoms in total. The van der Waals surface area contributed by atoms with Crippen LogP contribution in [0.15, 0.2) is 12.3 Å². The van der Waals surface area contributed by atoms with Crippen LogP contribution in [0.3, 0.4) is 0 Å². The average Bonchev–Trinajstić information content (AvgIpc) is 2.35. The zero-order valence-electron chi connectivity index (χ0n) is 13.5. The molecule has 1 aromatic heterocycles. The van der Waals surface area contributed by atoms with Crippen molar-refractivity contribution in [2.24, 2.45) is 0 Å². The molecular weight excluding hydrogens is 253 g/mol. The van der Waals surface area contributed by atoms with Crippen molar-refractivity contribution in [3.63, 3.8) is 0 Å². The Bertz CT molecular complexity index is 407. The number of pyridine rings is 1. The van der Waals surface area contributed by atoms with Gasteiger partial charge in [-0.1, -0.05) is 13.8 Å². The lowest BCUT2D eigenvalue weighted by molar-refractivity contribution is 0.423. The summed E-state index contributed by atoms with van der Waals surface area (Å²) in [5.41, 5.74) is 0.936. The summed E-state index contributed by atoms with van der Waals surface area (Å²) in [6.07, 6.45) is 3.44. The van der Waals surface area contributed by atoms with E-state index in [1.165, 1.54) is 6.20 Å². The van der Waals surface area contributed by atoms with Gasteiger partial charge in [0.15, 0.2) is 0 Å². The molecule has 1 aromatic rings. The van der Waals surface area contributed by atoms with Gasteiger partial charge in [-0.15, -0.1) is 0 Å². The third-order valence-corrected chi connectivity index (χ3v) is 3.01. The van der Waals surface area contributed by atoms with Gasteiger partial charge in [0, 0.05) is 30.7 Å². The molecule has 0 amide bonds. The van der Waals surface area contributed by atoms with E-state index in [4.69, 9.17) is 0 Å². The van der Waals surface area contributed by atoms with Crippen LogP contribution in [0, 0.1) is 5.82 Å². The molecule has 1 N–H and O–H groups in total. The van der Waals surface area contributed by atoms with Gasteiger partial charge in [0.25, 0.3) is 0 Å². The summed E-state index contributed by atoms with van der Waals surface area (Å²) in [4.78, 5) is 6.58. The molecule has 0 saturated carbocycles. The van der Waals surface area contributed by atoms with Gasteiger partial charge < -0.3 is 10.2 Å². The molecule has 1 rings (SSSR count). The van der Waals surface area contributed by atoms with E-state index in [1.54, 1.807) is 6.07 Å². The van der Waals surface area contributed by atoms with E-state index >= 15 is 0 Å². The maximum absolute atomic E-state index is 13.5. The number of nitrogens with zero attached hydrogens (tertiary/aromatic N) is 2. The molecule has 0 aliphatic heterocycles. The average molecular weight is 281 g/mol. The van der Waals surface area contributed by atoms with Crippen LogP contribution in [0.4, 0.5) is 10.2 Å². The Morgan fingerprint density at radius 1 is 1.20 bits per heavy atom. The van der Waals surface area contributed by atoms with Gasteiger partial charge >= 0.3 is 0 Å². The predicted octanol–water partition coefficient (Wildman–Crippen LogP) is 3.74. The highest BCUT2D eigenvalue weighted by Gasteiger charge is 2.15. The third kappa shape index (κ3) is 5.45. The lowest BCUT2D eigenvalue weighted by Gasteiger charge is -2.27. The fraction of sp³-hybridized carbons (Fsp3) is 0.688. The van der Waals surface area contributed by atoms with E-state index < -0.39 is 0 Å². The van der Waals surface area contributed by atoms with Crippen LogP contribution >= 0.6 is 0 Å². The fourth-order valence-electron chi connectivity index (χ4n) is 2.11. The lowest BCUT2D eigenvalue weighted by Crippen LogP contribution is -2.36. The summed E-state index contributed by atoms with van der Waals surface area (Å²) in [7, 11) is 0. The number of nitrogens with one attached hydrogen (secondary N) is 1. The number of halogens is 1. The van der Waals surface area contributed by atoms with Crippen LogP contribution in [0.1, 0.15) is 53.0 Å². The van der Waals surface area contributed by atoms with Crippen molar-refractivity contribution in [1.29, 1.82) is 0 Å². The second-order valence-electron chi connectivity index (χ2n) is 6.23. The van der Waals surface area contributed by atoms with Gasteiger partial charge in [0.05, 0.1) is 6.20 Å². The smallest absolute Gasteiger partial charge is 0.141 e. The van der Waals surface area contributed by atoms with Crippen molar-refractivity contribution in [3.05, 3.63) is 23.6 Å². The number of rotatable bonds is 7. The highest BCUT2D eigenvalue weighted by molar-refractivity contribution is 5.47. The minimum atomic E-state index is -0.271. The predicted molar refractivity (Wildman–Crippen MR) is 83.6 cm³/mol. The Balaban J connectivity index is 2.98. The topological polar surface area (TPSA) is 28.2 Å². The summed E-state index contributed by atoms with van der Waals surface area (Å²) in [6.45, 7) is 13.2. The molecule has 0 saturated heterocycles. The van der Waals surface area contributed by atoms with Crippen molar-refractivity contribution in [3.8, 4) is 0 Å². The van der Waals surface area contributed by atoms with Crippen molar-refractivity contribution in [2.45, 2.75) is 59.5 Å². The number of anilines is 1. The van der Waals surface area contributed by atoms with E-state index in [-0.39, 0.29) is 11.4 Å². The van der Waals surface area contributed by atoms with Crippen molar-refractivity contribution < 1.29 is 4.39 Å². The van der Waals surface area contributed by atoms with Crippen molar-refractivity contribution in [1.82, 2.24) is 10.3 Å². The largest absolute Gasteiger partial charge is 0.356 e. The summed E-state index contributed by atoms with van der Waals surface area (Å²) in [5.74, 6) is 0.638. The van der Waals surface area contributed by atoms with E-state index in [0.29, 0.717) is 6.54 Å². The first-order chi connectivity index (χ1) is 9.37. The minimum Gasteiger partial charge on any atom is -0.356 e. The first-order valence-corrected chi connectivity index (χ1v) is 7.51. The summed E-state index contributed by atoms with van der Waals surface area (Å²) in [5, 5.41) is 3.41. The first kappa shape index (κ1) is 16.9. The zero-order chi connectivity index (χ0) is 15.2. The molecule has 0 aromatic carbocycles. The molecule has 0 spiro atoms. The first-order valence-electron chi connectivity index (χ1n) is 7.51. The normalized spacial score (nSPS) is 11.7. The molecular formula is C16H28FN3. The molecule has 114 valence electrons. The highest BCUT2D eigenvalue weighted by Crippen LogP contribution is 2.20. The molecule has 0 radical (unpaired) electrons. The van der Waals surface area contributed by atoms with Crippen LogP contribution in [0.5, 0.6) is 0 Å². The fourth-order valence-corrected chi connectivity index (χ4v) is 2.11. The van der Waals surface area contributed by atoms with Crippen molar-refractivity contribution in [2.75, 3.05) is 18.0 Å². The molecule has 0 fully saturated rings. The SMILES string of the molecule is CCCN(CCC)c1ncc(F)cc1CNC(C)(C)C. The van der Waals surface area contributed by atoms with Gasteiger partial charge in [-0.25, -0.2) is 9.37 Å². The Hall–Kier alpha value is -1.16. The van der Waals surface area contributed by atoms with Crippen LogP contribution in [0.25, 0.3) is 0 Å². The summed E-state index contributed by atoms with van der Waals surface area (Å²) < 4.78 is 13.5. The van der Waals surface area contributed by atoms with Gasteiger partial charge in [-0.3, -0.25) is 0 Å². The van der Waals surface area contributed by atoms with Gasteiger partial charge in [0.2, 0.25) is 0 Å². The van der Waals surface area contributed by atoms with E-state index in [2.05, 4.69) is 49.8 Å². The Labute approximate surface area is 122 Å². The second-order valence-corrected chi connectivity index (χ2v) is 6.23. The molecule has 0 unspecified atom stereocenters. The minimum absolute atomic E-state index is 0.00390. The zero-order valence-corrected chi connectivity index (χ0v) is 13.5. The standard InChI is InChI=1S/C16H28FN3/c1-6-8-20(9-7-2)15-13(10-14(17)12-18-15)11-19-16(3,4)5/h10,12,19H,6-9,11H2,1-5H3. The molecule has 4 heteroatoms. The van der Waals surface area contributed by atoms with Crippen LogP contribution in [-0.2, 0) is 6.54 Å². The Morgan fingerprint density at radius 2 is 1.80 bits per heavy atom. The number of hydrogen-bond donors (Lipinski definition) is 1. The Morgan fingerprint density at radius 3 is 2.30 bits per heavy atom. The highest BCUT2D eigenvalue weighted by atomic mass is 19.1. The van der Waals surface area contributed by atoms with E-state index in [1.807, 2.05) is 0 Å². The maximum Gasteiger partial charge on any atom is 0.141 e. The summed E-state index contributed by atoms with van der Waals surface area (Å²) >= 11 is 0. The van der Waals surface area contributed by atoms with E-state index in [0.717, 1.165) is 37.3 Å². The number of aromatic nitrogens is 1. The van der Waals surface area contributed by atoms with Crippen LogP contribution in [0.2, 0.25) is 0 Å². The molecule has 20 heavy (non-hydrogen) atoms. The number of hydrogen-bond acceptors (Lipinski definition) is 3. The van der Waals surface area contributed by atoms with Gasteiger partial charge in [-0.05, 0) is 39.7 Å². The van der Waals surface area contributed by atoms with E-state index in [9.17, 15) is 4.39 Å². The monoisotopic (exact) mass is 281 g/mol. The Kier molecular flexibility index (Phi) is 6.40. The van der Waals surface area contributed by atoms with Crippen LogP contribution in [-0.4, -0.2) is 23.6 Å². The molecule has 0 aliphatic rings. The molecule has 0 atom stereocenters.